The van der Waals surface area contributed by atoms with Crippen LogP contribution in [0.2, 0.25) is 0 Å². The summed E-state index contributed by atoms with van der Waals surface area (Å²) >= 11 is 0. The monoisotopic (exact) mass is 452 g/mol. The summed E-state index contributed by atoms with van der Waals surface area (Å²) in [5, 5.41) is 14.6. The molecule has 0 radical (unpaired) electrons. The first-order valence-corrected chi connectivity index (χ1v) is 8.63. The molecule has 0 aromatic carbocycles. The molecule has 1 aromatic rings. The zero-order chi connectivity index (χ0) is 16.9. The second kappa shape index (κ2) is 14.4. The Balaban J connectivity index is 0.00000529. The van der Waals surface area contributed by atoms with E-state index in [-0.39, 0.29) is 24.0 Å². The second-order valence-electron chi connectivity index (χ2n) is 5.78. The van der Waals surface area contributed by atoms with Gasteiger partial charge in [-0.25, -0.2) is 0 Å². The molecule has 0 amide bonds. The van der Waals surface area contributed by atoms with E-state index in [2.05, 4.69) is 58.1 Å². The van der Waals surface area contributed by atoms with E-state index in [4.69, 9.17) is 4.74 Å². The van der Waals surface area contributed by atoms with E-state index >= 15 is 0 Å². The van der Waals surface area contributed by atoms with Crippen molar-refractivity contribution >= 4 is 29.9 Å². The van der Waals surface area contributed by atoms with Gasteiger partial charge < -0.3 is 19.9 Å². The molecule has 8 heteroatoms. The number of ether oxygens (including phenoxy) is 1. The van der Waals surface area contributed by atoms with Crippen LogP contribution in [0.15, 0.2) is 11.3 Å². The first kappa shape index (κ1) is 23.1. The van der Waals surface area contributed by atoms with E-state index < -0.39 is 0 Å². The Morgan fingerprint density at radius 3 is 2.75 bits per heavy atom. The fourth-order valence-electron chi connectivity index (χ4n) is 2.02. The van der Waals surface area contributed by atoms with Gasteiger partial charge in [0.25, 0.3) is 0 Å². The maximum Gasteiger partial charge on any atom is 0.191 e. The number of halogens is 1. The standard InChI is InChI=1S/C16H32N6O.HI/c1-5-15-21-20-13-22(15)10-8-18-16(17-6-2)19-9-12-23-11-7-14(3)4;/h13-14H,5-12H2,1-4H3,(H2,17,18,19);1H. The van der Waals surface area contributed by atoms with Gasteiger partial charge in [-0.2, -0.15) is 0 Å². The van der Waals surface area contributed by atoms with Gasteiger partial charge in [0.1, 0.15) is 12.2 Å². The Morgan fingerprint density at radius 1 is 1.29 bits per heavy atom. The molecule has 2 N–H and O–H groups in total. The van der Waals surface area contributed by atoms with E-state index in [0.29, 0.717) is 19.1 Å². The number of aliphatic imine (C=N–C) groups is 1. The second-order valence-corrected chi connectivity index (χ2v) is 5.78. The molecule has 0 saturated carbocycles. The molecule has 0 unspecified atom stereocenters. The van der Waals surface area contributed by atoms with E-state index in [0.717, 1.165) is 50.9 Å². The maximum absolute atomic E-state index is 5.58. The average molecular weight is 452 g/mol. The topological polar surface area (TPSA) is 76.4 Å². The van der Waals surface area contributed by atoms with Gasteiger partial charge in [-0.1, -0.05) is 20.8 Å². The number of guanidine groups is 1. The molecule has 0 aliphatic rings. The van der Waals surface area contributed by atoms with Gasteiger partial charge in [-0.15, -0.1) is 34.2 Å². The summed E-state index contributed by atoms with van der Waals surface area (Å²) in [6.07, 6.45) is 3.76. The zero-order valence-electron chi connectivity index (χ0n) is 15.4. The molecule has 0 bridgehead atoms. The number of nitrogens with one attached hydrogen (secondary N) is 2. The van der Waals surface area contributed by atoms with E-state index in [1.807, 2.05) is 0 Å². The lowest BCUT2D eigenvalue weighted by atomic mass is 10.1. The molecular weight excluding hydrogens is 419 g/mol. The maximum atomic E-state index is 5.58. The normalized spacial score (nSPS) is 11.5. The summed E-state index contributed by atoms with van der Waals surface area (Å²) in [6, 6.07) is 0. The van der Waals surface area contributed by atoms with Crippen LogP contribution in [0, 0.1) is 5.92 Å². The van der Waals surface area contributed by atoms with Crippen LogP contribution in [0.5, 0.6) is 0 Å². The van der Waals surface area contributed by atoms with Gasteiger partial charge in [0, 0.05) is 32.7 Å². The van der Waals surface area contributed by atoms with Gasteiger partial charge in [0.2, 0.25) is 0 Å². The molecule has 0 spiro atoms. The van der Waals surface area contributed by atoms with Crippen molar-refractivity contribution < 1.29 is 4.74 Å². The first-order valence-electron chi connectivity index (χ1n) is 8.63. The largest absolute Gasteiger partial charge is 0.380 e. The minimum atomic E-state index is 0. The van der Waals surface area contributed by atoms with Crippen molar-refractivity contribution in [3.05, 3.63) is 12.2 Å². The quantitative estimate of drug-likeness (QED) is 0.233. The molecule has 7 nitrogen and oxygen atoms in total. The van der Waals surface area contributed by atoms with E-state index in [1.165, 1.54) is 0 Å². The zero-order valence-corrected chi connectivity index (χ0v) is 17.7. The fourth-order valence-corrected chi connectivity index (χ4v) is 2.02. The lowest BCUT2D eigenvalue weighted by Crippen LogP contribution is -2.39. The van der Waals surface area contributed by atoms with Crippen LogP contribution < -0.4 is 10.6 Å². The molecule has 0 atom stereocenters. The summed E-state index contributed by atoms with van der Waals surface area (Å²) in [7, 11) is 0. The minimum absolute atomic E-state index is 0. The third-order valence-corrected chi connectivity index (χ3v) is 3.35. The summed E-state index contributed by atoms with van der Waals surface area (Å²) in [5.41, 5.74) is 0. The Kier molecular flexibility index (Phi) is 13.9. The molecular formula is C16H33IN6O. The van der Waals surface area contributed by atoms with Crippen LogP contribution in [0.1, 0.15) is 39.9 Å². The number of aromatic nitrogens is 3. The highest BCUT2D eigenvalue weighted by atomic mass is 127. The van der Waals surface area contributed by atoms with Crippen LogP contribution in [0.4, 0.5) is 0 Å². The molecule has 24 heavy (non-hydrogen) atoms. The van der Waals surface area contributed by atoms with Crippen molar-refractivity contribution in [1.82, 2.24) is 25.4 Å². The predicted molar refractivity (Wildman–Crippen MR) is 109 cm³/mol. The molecule has 1 rings (SSSR count). The number of hydrogen-bond acceptors (Lipinski definition) is 4. The van der Waals surface area contributed by atoms with E-state index in [9.17, 15) is 0 Å². The van der Waals surface area contributed by atoms with Gasteiger partial charge in [0.05, 0.1) is 13.2 Å². The number of aryl methyl sites for hydroxylation is 1. The molecule has 0 aliphatic carbocycles. The van der Waals surface area contributed by atoms with Crippen LogP contribution in [0.25, 0.3) is 0 Å². The Labute approximate surface area is 163 Å². The predicted octanol–water partition coefficient (Wildman–Crippen LogP) is 2.08. The van der Waals surface area contributed by atoms with Crippen molar-refractivity contribution in [3.8, 4) is 0 Å². The Bertz CT molecular complexity index is 450. The lowest BCUT2D eigenvalue weighted by Gasteiger charge is -2.12. The van der Waals surface area contributed by atoms with Crippen molar-refractivity contribution in [3.63, 3.8) is 0 Å². The smallest absolute Gasteiger partial charge is 0.191 e. The first-order chi connectivity index (χ1) is 11.2. The Hall–Kier alpha value is -0.900. The highest BCUT2D eigenvalue weighted by Crippen LogP contribution is 1.98. The number of nitrogens with zero attached hydrogens (tertiary/aromatic N) is 4. The van der Waals surface area contributed by atoms with Gasteiger partial charge in [0.15, 0.2) is 5.96 Å². The van der Waals surface area contributed by atoms with Crippen LogP contribution >= 0.6 is 24.0 Å². The highest BCUT2D eigenvalue weighted by Gasteiger charge is 2.02. The van der Waals surface area contributed by atoms with Crippen LogP contribution in [-0.2, 0) is 17.7 Å². The van der Waals surface area contributed by atoms with Crippen LogP contribution in [-0.4, -0.2) is 53.6 Å². The van der Waals surface area contributed by atoms with Gasteiger partial charge in [-0.05, 0) is 19.3 Å². The minimum Gasteiger partial charge on any atom is -0.380 e. The van der Waals surface area contributed by atoms with Gasteiger partial charge >= 0.3 is 0 Å². The van der Waals surface area contributed by atoms with Crippen molar-refractivity contribution in [1.29, 1.82) is 0 Å². The third kappa shape index (κ3) is 10.1. The Morgan fingerprint density at radius 2 is 2.08 bits per heavy atom. The molecule has 0 aliphatic heterocycles. The fraction of sp³-hybridized carbons (Fsp3) is 0.812. The SMILES string of the molecule is CCNC(=NCCOCCC(C)C)NCCn1cnnc1CC.I. The molecule has 1 aromatic heterocycles. The summed E-state index contributed by atoms with van der Waals surface area (Å²) in [6.45, 7) is 13.1. The molecule has 0 saturated heterocycles. The van der Waals surface area contributed by atoms with Crippen LogP contribution in [0.3, 0.4) is 0 Å². The lowest BCUT2D eigenvalue weighted by molar-refractivity contribution is 0.130. The third-order valence-electron chi connectivity index (χ3n) is 3.35. The molecule has 0 fully saturated rings. The van der Waals surface area contributed by atoms with Crippen molar-refractivity contribution in [2.75, 3.05) is 32.8 Å². The average Bonchev–Trinajstić information content (AvgIpc) is 2.97. The van der Waals surface area contributed by atoms with Gasteiger partial charge in [-0.3, -0.25) is 4.99 Å². The molecule has 140 valence electrons. The summed E-state index contributed by atoms with van der Waals surface area (Å²) < 4.78 is 7.64. The van der Waals surface area contributed by atoms with E-state index in [1.54, 1.807) is 6.33 Å². The van der Waals surface area contributed by atoms with Crippen molar-refractivity contribution in [2.45, 2.75) is 47.1 Å². The number of hydrogen-bond donors (Lipinski definition) is 2. The summed E-state index contributed by atoms with van der Waals surface area (Å²) in [4.78, 5) is 4.52. The molecule has 1 heterocycles. The highest BCUT2D eigenvalue weighted by molar-refractivity contribution is 14.0. The van der Waals surface area contributed by atoms with Crippen molar-refractivity contribution in [2.24, 2.45) is 10.9 Å². The number of rotatable bonds is 11. The summed E-state index contributed by atoms with van der Waals surface area (Å²) in [5.74, 6) is 2.52.